The predicted octanol–water partition coefficient (Wildman–Crippen LogP) is 1.63. The number of aromatic nitrogens is 1. The number of piperazine rings is 1. The van der Waals surface area contributed by atoms with Gasteiger partial charge in [0, 0.05) is 43.5 Å². The minimum Gasteiger partial charge on any atom is -0.353 e. The van der Waals surface area contributed by atoms with Crippen LogP contribution in [0.4, 0.5) is 5.82 Å². The highest BCUT2D eigenvalue weighted by Crippen LogP contribution is 2.24. The van der Waals surface area contributed by atoms with E-state index in [0.717, 1.165) is 31.0 Å². The molecule has 2 unspecified atom stereocenters. The lowest BCUT2D eigenvalue weighted by Gasteiger charge is -2.40. The van der Waals surface area contributed by atoms with Gasteiger partial charge in [-0.1, -0.05) is 13.0 Å². The van der Waals surface area contributed by atoms with Gasteiger partial charge >= 0.3 is 0 Å². The van der Waals surface area contributed by atoms with Gasteiger partial charge in [-0.2, -0.15) is 0 Å². The molecule has 1 aromatic heterocycles. The summed E-state index contributed by atoms with van der Waals surface area (Å²) in [6, 6.07) is 4.71. The normalized spacial score (nSPS) is 23.1. The van der Waals surface area contributed by atoms with E-state index in [-0.39, 0.29) is 6.04 Å². The topological polar surface area (TPSA) is 45.4 Å². The van der Waals surface area contributed by atoms with Crippen molar-refractivity contribution in [3.63, 3.8) is 0 Å². The maximum atomic E-state index is 6.04. The van der Waals surface area contributed by atoms with E-state index in [1.807, 2.05) is 19.2 Å². The van der Waals surface area contributed by atoms with Gasteiger partial charge in [0.1, 0.15) is 5.82 Å². The Labute approximate surface area is 110 Å². The first-order chi connectivity index (χ1) is 8.63. The summed E-state index contributed by atoms with van der Waals surface area (Å²) in [6.45, 7) is 7.43. The molecule has 2 atom stereocenters. The van der Waals surface area contributed by atoms with Crippen LogP contribution in [-0.4, -0.2) is 42.6 Å². The second-order valence-electron chi connectivity index (χ2n) is 5.19. The molecule has 18 heavy (non-hydrogen) atoms. The first-order valence-corrected chi connectivity index (χ1v) is 6.79. The van der Waals surface area contributed by atoms with Crippen molar-refractivity contribution in [3.8, 4) is 0 Å². The van der Waals surface area contributed by atoms with Crippen molar-refractivity contribution >= 4 is 5.82 Å². The van der Waals surface area contributed by atoms with Gasteiger partial charge in [-0.05, 0) is 26.5 Å². The number of pyridine rings is 1. The summed E-state index contributed by atoms with van der Waals surface area (Å²) in [6.07, 6.45) is 3.04. The second kappa shape index (κ2) is 5.67. The molecular formula is C14H24N4. The smallest absolute Gasteiger partial charge is 0.133 e. The van der Waals surface area contributed by atoms with Gasteiger partial charge in [0.05, 0.1) is 0 Å². The molecule has 0 radical (unpaired) electrons. The Morgan fingerprint density at radius 1 is 1.50 bits per heavy atom. The molecule has 0 spiro atoms. The van der Waals surface area contributed by atoms with Gasteiger partial charge in [-0.15, -0.1) is 0 Å². The van der Waals surface area contributed by atoms with Crippen molar-refractivity contribution in [2.45, 2.75) is 32.4 Å². The molecule has 1 aliphatic rings. The average Bonchev–Trinajstić information content (AvgIpc) is 2.39. The SMILES string of the molecule is CCC1CN(c2ncccc2C(C)N)CCN1C. The van der Waals surface area contributed by atoms with Crippen LogP contribution in [0.1, 0.15) is 31.9 Å². The molecule has 100 valence electrons. The number of rotatable bonds is 3. The van der Waals surface area contributed by atoms with Gasteiger partial charge in [0.2, 0.25) is 0 Å². The van der Waals surface area contributed by atoms with E-state index in [4.69, 9.17) is 5.73 Å². The van der Waals surface area contributed by atoms with Gasteiger partial charge < -0.3 is 10.6 Å². The summed E-state index contributed by atoms with van der Waals surface area (Å²) in [4.78, 5) is 9.36. The third kappa shape index (κ3) is 2.65. The number of hydrogen-bond acceptors (Lipinski definition) is 4. The Balaban J connectivity index is 2.21. The predicted molar refractivity (Wildman–Crippen MR) is 75.8 cm³/mol. The number of nitrogens with zero attached hydrogens (tertiary/aromatic N) is 3. The van der Waals surface area contributed by atoms with E-state index < -0.39 is 0 Å². The summed E-state index contributed by atoms with van der Waals surface area (Å²) in [5.41, 5.74) is 7.19. The van der Waals surface area contributed by atoms with E-state index in [2.05, 4.69) is 34.8 Å². The van der Waals surface area contributed by atoms with Gasteiger partial charge in [-0.25, -0.2) is 4.98 Å². The van der Waals surface area contributed by atoms with Crippen LogP contribution >= 0.6 is 0 Å². The van der Waals surface area contributed by atoms with Crippen LogP contribution < -0.4 is 10.6 Å². The fraction of sp³-hybridized carbons (Fsp3) is 0.643. The van der Waals surface area contributed by atoms with Gasteiger partial charge in [-0.3, -0.25) is 4.90 Å². The number of likely N-dealkylation sites (N-methyl/N-ethyl adjacent to an activating group) is 1. The van der Waals surface area contributed by atoms with Crippen LogP contribution in [0.15, 0.2) is 18.3 Å². The highest BCUT2D eigenvalue weighted by Gasteiger charge is 2.25. The van der Waals surface area contributed by atoms with E-state index in [1.54, 1.807) is 0 Å². The lowest BCUT2D eigenvalue weighted by Crippen LogP contribution is -2.51. The minimum absolute atomic E-state index is 0.0356. The van der Waals surface area contributed by atoms with Gasteiger partial charge in [0.25, 0.3) is 0 Å². The third-order valence-corrected chi connectivity index (χ3v) is 3.86. The molecule has 1 fully saturated rings. The summed E-state index contributed by atoms with van der Waals surface area (Å²) in [7, 11) is 2.20. The van der Waals surface area contributed by atoms with Crippen molar-refractivity contribution < 1.29 is 0 Å². The zero-order chi connectivity index (χ0) is 13.1. The van der Waals surface area contributed by atoms with Crippen molar-refractivity contribution in [1.29, 1.82) is 0 Å². The molecule has 1 aromatic rings. The van der Waals surface area contributed by atoms with Crippen molar-refractivity contribution in [2.75, 3.05) is 31.6 Å². The number of nitrogens with two attached hydrogens (primary N) is 1. The Kier molecular flexibility index (Phi) is 4.19. The molecule has 0 bridgehead atoms. The fourth-order valence-corrected chi connectivity index (χ4v) is 2.61. The molecule has 2 heterocycles. The summed E-state index contributed by atoms with van der Waals surface area (Å²) < 4.78 is 0. The largest absolute Gasteiger partial charge is 0.353 e. The second-order valence-corrected chi connectivity index (χ2v) is 5.19. The number of hydrogen-bond donors (Lipinski definition) is 1. The van der Waals surface area contributed by atoms with Crippen LogP contribution in [0, 0.1) is 0 Å². The summed E-state index contributed by atoms with van der Waals surface area (Å²) in [5.74, 6) is 1.07. The lowest BCUT2D eigenvalue weighted by atomic mass is 10.1. The van der Waals surface area contributed by atoms with E-state index in [1.165, 1.54) is 6.42 Å². The maximum absolute atomic E-state index is 6.04. The molecule has 0 saturated carbocycles. The molecule has 2 rings (SSSR count). The van der Waals surface area contributed by atoms with E-state index >= 15 is 0 Å². The minimum atomic E-state index is 0.0356. The highest BCUT2D eigenvalue weighted by atomic mass is 15.3. The molecule has 1 aliphatic heterocycles. The van der Waals surface area contributed by atoms with Crippen LogP contribution in [0.2, 0.25) is 0 Å². The Morgan fingerprint density at radius 2 is 2.28 bits per heavy atom. The standard InChI is InChI=1S/C14H24N4/c1-4-12-10-18(9-8-17(12)3)14-13(11(2)15)6-5-7-16-14/h5-7,11-12H,4,8-10,15H2,1-3H3. The fourth-order valence-electron chi connectivity index (χ4n) is 2.61. The molecule has 0 aliphatic carbocycles. The Morgan fingerprint density at radius 3 is 2.94 bits per heavy atom. The average molecular weight is 248 g/mol. The first-order valence-electron chi connectivity index (χ1n) is 6.79. The van der Waals surface area contributed by atoms with Crippen LogP contribution in [-0.2, 0) is 0 Å². The van der Waals surface area contributed by atoms with E-state index in [0.29, 0.717) is 6.04 Å². The molecule has 1 saturated heterocycles. The third-order valence-electron chi connectivity index (χ3n) is 3.86. The molecular weight excluding hydrogens is 224 g/mol. The molecule has 4 nitrogen and oxygen atoms in total. The molecule has 0 amide bonds. The summed E-state index contributed by atoms with van der Waals surface area (Å²) >= 11 is 0. The molecule has 2 N–H and O–H groups in total. The lowest BCUT2D eigenvalue weighted by molar-refractivity contribution is 0.212. The monoisotopic (exact) mass is 248 g/mol. The van der Waals surface area contributed by atoms with Crippen molar-refractivity contribution in [3.05, 3.63) is 23.9 Å². The first kappa shape index (κ1) is 13.3. The molecule has 4 heteroatoms. The van der Waals surface area contributed by atoms with Crippen LogP contribution in [0.3, 0.4) is 0 Å². The highest BCUT2D eigenvalue weighted by molar-refractivity contribution is 5.48. The Bertz CT molecular complexity index is 391. The number of anilines is 1. The van der Waals surface area contributed by atoms with Crippen molar-refractivity contribution in [2.24, 2.45) is 5.73 Å². The summed E-state index contributed by atoms with van der Waals surface area (Å²) in [5, 5.41) is 0. The quantitative estimate of drug-likeness (QED) is 0.883. The zero-order valence-corrected chi connectivity index (χ0v) is 11.6. The molecule has 0 aromatic carbocycles. The van der Waals surface area contributed by atoms with Crippen LogP contribution in [0.25, 0.3) is 0 Å². The Hall–Kier alpha value is -1.13. The van der Waals surface area contributed by atoms with Crippen LogP contribution in [0.5, 0.6) is 0 Å². The van der Waals surface area contributed by atoms with Gasteiger partial charge in [0.15, 0.2) is 0 Å². The maximum Gasteiger partial charge on any atom is 0.133 e. The zero-order valence-electron chi connectivity index (χ0n) is 11.6. The van der Waals surface area contributed by atoms with Crippen molar-refractivity contribution in [1.82, 2.24) is 9.88 Å². The van der Waals surface area contributed by atoms with E-state index in [9.17, 15) is 0 Å².